The number of rotatable bonds is 6. The van der Waals surface area contributed by atoms with Gasteiger partial charge >= 0.3 is 0 Å². The molecule has 23 heavy (non-hydrogen) atoms. The van der Waals surface area contributed by atoms with Crippen molar-refractivity contribution in [2.75, 3.05) is 26.7 Å². The van der Waals surface area contributed by atoms with Crippen LogP contribution < -0.4 is 5.73 Å². The zero-order chi connectivity index (χ0) is 15.2. The molecule has 1 heterocycles. The fourth-order valence-corrected chi connectivity index (χ4v) is 2.98. The molecule has 1 aromatic carbocycles. The van der Waals surface area contributed by atoms with E-state index in [9.17, 15) is 4.79 Å². The fourth-order valence-electron chi connectivity index (χ4n) is 2.98. The summed E-state index contributed by atoms with van der Waals surface area (Å²) >= 11 is 0. The lowest BCUT2D eigenvalue weighted by Gasteiger charge is -2.24. The topological polar surface area (TPSA) is 49.6 Å². The highest BCUT2D eigenvalue weighted by atomic mass is 35.5. The first-order valence-corrected chi connectivity index (χ1v) is 7.87. The number of benzene rings is 1. The molecule has 1 saturated heterocycles. The van der Waals surface area contributed by atoms with Gasteiger partial charge in [-0.1, -0.05) is 37.3 Å². The van der Waals surface area contributed by atoms with Gasteiger partial charge in [-0.25, -0.2) is 0 Å². The van der Waals surface area contributed by atoms with Crippen LogP contribution in [0.2, 0.25) is 0 Å². The zero-order valence-electron chi connectivity index (χ0n) is 14.0. The zero-order valence-corrected chi connectivity index (χ0v) is 15.6. The molecule has 2 atom stereocenters. The van der Waals surface area contributed by atoms with E-state index in [-0.39, 0.29) is 36.8 Å². The van der Waals surface area contributed by atoms with E-state index < -0.39 is 0 Å². The number of carbonyl (C=O) groups excluding carboxylic acids is 1. The van der Waals surface area contributed by atoms with Crippen LogP contribution in [0.15, 0.2) is 30.3 Å². The molecule has 132 valence electrons. The van der Waals surface area contributed by atoms with Gasteiger partial charge in [0.1, 0.15) is 0 Å². The third kappa shape index (κ3) is 6.68. The molecule has 0 aliphatic carbocycles. The van der Waals surface area contributed by atoms with Crippen LogP contribution in [0.4, 0.5) is 0 Å². The van der Waals surface area contributed by atoms with Gasteiger partial charge in [0.25, 0.3) is 0 Å². The minimum Gasteiger partial charge on any atom is -0.344 e. The molecule has 1 aliphatic rings. The van der Waals surface area contributed by atoms with Gasteiger partial charge in [-0.2, -0.15) is 0 Å². The van der Waals surface area contributed by atoms with Gasteiger partial charge in [-0.15, -0.1) is 24.8 Å². The number of hydrogen-bond acceptors (Lipinski definition) is 3. The number of carbonyl (C=O) groups is 1. The third-order valence-corrected chi connectivity index (χ3v) is 4.28. The number of amides is 1. The van der Waals surface area contributed by atoms with Crippen LogP contribution in [0.5, 0.6) is 0 Å². The van der Waals surface area contributed by atoms with Crippen molar-refractivity contribution in [1.82, 2.24) is 9.80 Å². The SMILES string of the molecule is CC[C@H](N)C(=O)N(C)CC1CCN(Cc2ccccc2)C1.Cl.Cl. The first kappa shape index (κ1) is 22.2. The van der Waals surface area contributed by atoms with Gasteiger partial charge in [0.05, 0.1) is 6.04 Å². The number of hydrogen-bond donors (Lipinski definition) is 1. The average molecular weight is 362 g/mol. The van der Waals surface area contributed by atoms with E-state index in [0.717, 1.165) is 32.6 Å². The maximum Gasteiger partial charge on any atom is 0.239 e. The van der Waals surface area contributed by atoms with Crippen LogP contribution in [0, 0.1) is 5.92 Å². The Morgan fingerprint density at radius 1 is 1.35 bits per heavy atom. The van der Waals surface area contributed by atoms with Crippen LogP contribution in [0.3, 0.4) is 0 Å². The van der Waals surface area contributed by atoms with E-state index in [1.807, 2.05) is 24.9 Å². The Balaban J connectivity index is 0.00000242. The second-order valence-corrected chi connectivity index (χ2v) is 6.11. The average Bonchev–Trinajstić information content (AvgIpc) is 2.93. The number of nitrogens with zero attached hydrogens (tertiary/aromatic N) is 2. The lowest BCUT2D eigenvalue weighted by molar-refractivity contribution is -0.131. The summed E-state index contributed by atoms with van der Waals surface area (Å²) in [5.41, 5.74) is 7.18. The molecule has 4 nitrogen and oxygen atoms in total. The summed E-state index contributed by atoms with van der Waals surface area (Å²) in [6, 6.07) is 10.2. The van der Waals surface area contributed by atoms with E-state index in [0.29, 0.717) is 12.3 Å². The quantitative estimate of drug-likeness (QED) is 0.846. The second kappa shape index (κ2) is 10.9. The maximum atomic E-state index is 12.0. The molecule has 2 N–H and O–H groups in total. The van der Waals surface area contributed by atoms with Gasteiger partial charge in [-0.05, 0) is 30.9 Å². The Morgan fingerprint density at radius 3 is 2.61 bits per heavy atom. The molecule has 1 aliphatic heterocycles. The smallest absolute Gasteiger partial charge is 0.239 e. The van der Waals surface area contributed by atoms with Crippen molar-refractivity contribution in [3.05, 3.63) is 35.9 Å². The lowest BCUT2D eigenvalue weighted by Crippen LogP contribution is -2.43. The molecule has 1 unspecified atom stereocenters. The summed E-state index contributed by atoms with van der Waals surface area (Å²) in [5.74, 6) is 0.630. The van der Waals surface area contributed by atoms with Crippen molar-refractivity contribution in [2.45, 2.75) is 32.4 Å². The first-order chi connectivity index (χ1) is 10.1. The van der Waals surface area contributed by atoms with Crippen LogP contribution in [0.25, 0.3) is 0 Å². The van der Waals surface area contributed by atoms with Gasteiger partial charge < -0.3 is 10.6 Å². The molecule has 0 saturated carbocycles. The first-order valence-electron chi connectivity index (χ1n) is 7.87. The summed E-state index contributed by atoms with van der Waals surface area (Å²) in [6.07, 6.45) is 1.86. The Kier molecular flexibility index (Phi) is 10.5. The van der Waals surface area contributed by atoms with E-state index in [1.165, 1.54) is 5.56 Å². The molecular formula is C17H29Cl2N3O. The molecule has 0 radical (unpaired) electrons. The highest BCUT2D eigenvalue weighted by Gasteiger charge is 2.26. The molecule has 1 aromatic rings. The fraction of sp³-hybridized carbons (Fsp3) is 0.588. The number of likely N-dealkylation sites (N-methyl/N-ethyl adjacent to an activating group) is 1. The standard InChI is InChI=1S/C17H27N3O.2ClH/c1-3-16(18)17(21)19(2)11-15-9-10-20(13-15)12-14-7-5-4-6-8-14;;/h4-8,15-16H,3,9-13,18H2,1-2H3;2*1H/t15?,16-;;/m0../s1. The summed E-state index contributed by atoms with van der Waals surface area (Å²) in [4.78, 5) is 16.3. The molecule has 1 amide bonds. The van der Waals surface area contributed by atoms with Gasteiger partial charge in [0, 0.05) is 26.7 Å². The highest BCUT2D eigenvalue weighted by molar-refractivity contribution is 5.85. The Hall–Kier alpha value is -0.810. The number of likely N-dealkylation sites (tertiary alicyclic amines) is 1. The summed E-state index contributed by atoms with van der Waals surface area (Å²) < 4.78 is 0. The minimum absolute atomic E-state index is 0. The van der Waals surface area contributed by atoms with E-state index >= 15 is 0 Å². The van der Waals surface area contributed by atoms with Crippen molar-refractivity contribution >= 4 is 30.7 Å². The predicted octanol–water partition coefficient (Wildman–Crippen LogP) is 2.55. The summed E-state index contributed by atoms with van der Waals surface area (Å²) in [5, 5.41) is 0. The molecule has 0 aromatic heterocycles. The largest absolute Gasteiger partial charge is 0.344 e. The number of halogens is 2. The summed E-state index contributed by atoms with van der Waals surface area (Å²) in [6.45, 7) is 5.95. The van der Waals surface area contributed by atoms with Crippen molar-refractivity contribution in [3.8, 4) is 0 Å². The van der Waals surface area contributed by atoms with E-state index in [2.05, 4.69) is 29.2 Å². The van der Waals surface area contributed by atoms with Crippen molar-refractivity contribution in [2.24, 2.45) is 11.7 Å². The highest BCUT2D eigenvalue weighted by Crippen LogP contribution is 2.19. The molecule has 2 rings (SSSR count). The van der Waals surface area contributed by atoms with Crippen LogP contribution in [0.1, 0.15) is 25.3 Å². The normalized spacial score (nSPS) is 18.7. The Morgan fingerprint density at radius 2 is 2.00 bits per heavy atom. The lowest BCUT2D eigenvalue weighted by atomic mass is 10.1. The van der Waals surface area contributed by atoms with Crippen molar-refractivity contribution in [1.29, 1.82) is 0 Å². The van der Waals surface area contributed by atoms with E-state index in [1.54, 1.807) is 0 Å². The number of nitrogens with two attached hydrogens (primary N) is 1. The van der Waals surface area contributed by atoms with Gasteiger partial charge in [-0.3, -0.25) is 9.69 Å². The van der Waals surface area contributed by atoms with Gasteiger partial charge in [0.2, 0.25) is 5.91 Å². The molecule has 6 heteroatoms. The minimum atomic E-state index is -0.350. The predicted molar refractivity (Wildman–Crippen MR) is 100 cm³/mol. The Bertz CT molecular complexity index is 458. The van der Waals surface area contributed by atoms with Crippen molar-refractivity contribution in [3.63, 3.8) is 0 Å². The van der Waals surface area contributed by atoms with Crippen molar-refractivity contribution < 1.29 is 4.79 Å². The van der Waals surface area contributed by atoms with E-state index in [4.69, 9.17) is 5.73 Å². The monoisotopic (exact) mass is 361 g/mol. The van der Waals surface area contributed by atoms with Crippen LogP contribution >= 0.6 is 24.8 Å². The third-order valence-electron chi connectivity index (χ3n) is 4.28. The Labute approximate surface area is 152 Å². The maximum absolute atomic E-state index is 12.0. The molecular weight excluding hydrogens is 333 g/mol. The second-order valence-electron chi connectivity index (χ2n) is 6.11. The summed E-state index contributed by atoms with van der Waals surface area (Å²) in [7, 11) is 1.87. The van der Waals surface area contributed by atoms with Crippen LogP contribution in [-0.2, 0) is 11.3 Å². The molecule has 0 spiro atoms. The molecule has 1 fully saturated rings. The van der Waals surface area contributed by atoms with Gasteiger partial charge in [0.15, 0.2) is 0 Å². The van der Waals surface area contributed by atoms with Crippen LogP contribution in [-0.4, -0.2) is 48.4 Å². The molecule has 0 bridgehead atoms.